The molecule has 98 valence electrons. The predicted molar refractivity (Wildman–Crippen MR) is 75.0 cm³/mol. The maximum absolute atomic E-state index is 11.8. The quantitative estimate of drug-likeness (QED) is 0.879. The van der Waals surface area contributed by atoms with Crippen molar-refractivity contribution in [1.29, 1.82) is 0 Å². The van der Waals surface area contributed by atoms with Crippen molar-refractivity contribution < 1.29 is 4.79 Å². The number of hydrogen-bond donors (Lipinski definition) is 2. The first-order chi connectivity index (χ1) is 8.75. The van der Waals surface area contributed by atoms with Gasteiger partial charge in [0.15, 0.2) is 0 Å². The molecule has 3 nitrogen and oxygen atoms in total. The zero-order chi connectivity index (χ0) is 12.8. The molecule has 0 saturated heterocycles. The van der Waals surface area contributed by atoms with Gasteiger partial charge in [0.25, 0.3) is 0 Å². The van der Waals surface area contributed by atoms with E-state index in [0.717, 1.165) is 18.5 Å². The van der Waals surface area contributed by atoms with Gasteiger partial charge in [-0.15, -0.1) is 0 Å². The van der Waals surface area contributed by atoms with Gasteiger partial charge in [-0.05, 0) is 25.0 Å². The fourth-order valence-corrected chi connectivity index (χ4v) is 2.51. The smallest absolute Gasteiger partial charge is 0.239 e. The molecule has 4 heteroatoms. The van der Waals surface area contributed by atoms with Gasteiger partial charge < -0.3 is 10.6 Å². The van der Waals surface area contributed by atoms with Gasteiger partial charge in [0.1, 0.15) is 0 Å². The molecular weight excluding hydrogens is 248 g/mol. The lowest BCUT2D eigenvalue weighted by molar-refractivity contribution is -0.120. The Balaban J connectivity index is 1.76. The van der Waals surface area contributed by atoms with Crippen molar-refractivity contribution in [1.82, 2.24) is 5.32 Å². The zero-order valence-electron chi connectivity index (χ0n) is 10.4. The molecule has 1 aliphatic rings. The Hall–Kier alpha value is -1.22. The Kier molecular flexibility index (Phi) is 4.88. The number of hydrogen-bond acceptors (Lipinski definition) is 2. The number of amides is 1. The van der Waals surface area contributed by atoms with Crippen LogP contribution in [0.15, 0.2) is 24.3 Å². The summed E-state index contributed by atoms with van der Waals surface area (Å²) in [5, 5.41) is 6.76. The molecule has 0 unspecified atom stereocenters. The van der Waals surface area contributed by atoms with Crippen molar-refractivity contribution in [2.45, 2.75) is 38.1 Å². The predicted octanol–water partition coefficient (Wildman–Crippen LogP) is 3.20. The monoisotopic (exact) mass is 266 g/mol. The van der Waals surface area contributed by atoms with Crippen LogP contribution in [0.4, 0.5) is 5.69 Å². The zero-order valence-corrected chi connectivity index (χ0v) is 11.2. The number of anilines is 1. The second-order valence-corrected chi connectivity index (χ2v) is 5.14. The topological polar surface area (TPSA) is 41.1 Å². The summed E-state index contributed by atoms with van der Waals surface area (Å²) in [5.74, 6) is 0.0434. The van der Waals surface area contributed by atoms with Gasteiger partial charge in [-0.3, -0.25) is 4.79 Å². The van der Waals surface area contributed by atoms with E-state index < -0.39 is 0 Å². The first kappa shape index (κ1) is 13.2. The summed E-state index contributed by atoms with van der Waals surface area (Å²) >= 11 is 6.01. The van der Waals surface area contributed by atoms with Gasteiger partial charge >= 0.3 is 0 Å². The third kappa shape index (κ3) is 3.91. The van der Waals surface area contributed by atoms with Crippen LogP contribution in [0.25, 0.3) is 0 Å². The number of rotatable bonds is 4. The number of carbonyl (C=O) groups is 1. The molecular formula is C14H19ClN2O. The molecule has 1 aliphatic carbocycles. The molecule has 0 heterocycles. The SMILES string of the molecule is O=C(CNc1ccccc1Cl)NC1CCCCC1. The van der Waals surface area contributed by atoms with E-state index >= 15 is 0 Å². The second kappa shape index (κ2) is 6.64. The molecule has 0 aromatic heterocycles. The van der Waals surface area contributed by atoms with Gasteiger partial charge in [-0.1, -0.05) is 43.0 Å². The highest BCUT2D eigenvalue weighted by Gasteiger charge is 2.15. The molecule has 18 heavy (non-hydrogen) atoms. The van der Waals surface area contributed by atoms with E-state index in [2.05, 4.69) is 10.6 Å². The third-order valence-corrected chi connectivity index (χ3v) is 3.61. The second-order valence-electron chi connectivity index (χ2n) is 4.74. The molecule has 1 fully saturated rings. The summed E-state index contributed by atoms with van der Waals surface area (Å²) in [5.41, 5.74) is 0.804. The van der Waals surface area contributed by atoms with Crippen molar-refractivity contribution >= 4 is 23.2 Å². The molecule has 2 rings (SSSR count). The average molecular weight is 267 g/mol. The Morgan fingerprint density at radius 1 is 1.22 bits per heavy atom. The summed E-state index contributed by atoms with van der Waals surface area (Å²) < 4.78 is 0. The molecule has 0 atom stereocenters. The van der Waals surface area contributed by atoms with Crippen LogP contribution in [-0.2, 0) is 4.79 Å². The number of carbonyl (C=O) groups excluding carboxylic acids is 1. The maximum Gasteiger partial charge on any atom is 0.239 e. The lowest BCUT2D eigenvalue weighted by Crippen LogP contribution is -2.39. The number of nitrogens with one attached hydrogen (secondary N) is 2. The van der Waals surface area contributed by atoms with Crippen LogP contribution in [0.1, 0.15) is 32.1 Å². The van der Waals surface area contributed by atoms with Crippen molar-refractivity contribution in [3.8, 4) is 0 Å². The van der Waals surface area contributed by atoms with Crippen LogP contribution in [0.2, 0.25) is 5.02 Å². The van der Waals surface area contributed by atoms with Gasteiger partial charge in [-0.25, -0.2) is 0 Å². The normalized spacial score (nSPS) is 16.3. The Morgan fingerprint density at radius 3 is 2.67 bits per heavy atom. The fraction of sp³-hybridized carbons (Fsp3) is 0.500. The fourth-order valence-electron chi connectivity index (χ4n) is 2.31. The molecule has 1 saturated carbocycles. The third-order valence-electron chi connectivity index (χ3n) is 3.28. The lowest BCUT2D eigenvalue weighted by atomic mass is 9.95. The van der Waals surface area contributed by atoms with Crippen LogP contribution >= 0.6 is 11.6 Å². The van der Waals surface area contributed by atoms with Crippen LogP contribution in [0.3, 0.4) is 0 Å². The van der Waals surface area contributed by atoms with E-state index in [-0.39, 0.29) is 12.5 Å². The molecule has 0 spiro atoms. The van der Waals surface area contributed by atoms with E-state index in [1.54, 1.807) is 0 Å². The van der Waals surface area contributed by atoms with E-state index in [9.17, 15) is 4.79 Å². The highest BCUT2D eigenvalue weighted by atomic mass is 35.5. The van der Waals surface area contributed by atoms with Gasteiger partial charge in [0.2, 0.25) is 5.91 Å². The molecule has 0 radical (unpaired) electrons. The minimum absolute atomic E-state index is 0.0434. The van der Waals surface area contributed by atoms with Crippen molar-refractivity contribution in [2.75, 3.05) is 11.9 Å². The van der Waals surface area contributed by atoms with E-state index in [1.807, 2.05) is 24.3 Å². The summed E-state index contributed by atoms with van der Waals surface area (Å²) in [6.07, 6.45) is 5.96. The van der Waals surface area contributed by atoms with Crippen LogP contribution < -0.4 is 10.6 Å². The molecule has 1 aromatic rings. The van der Waals surface area contributed by atoms with Gasteiger partial charge in [0, 0.05) is 6.04 Å². The maximum atomic E-state index is 11.8. The summed E-state index contributed by atoms with van der Waals surface area (Å²) in [6.45, 7) is 0.278. The van der Waals surface area contributed by atoms with E-state index in [1.165, 1.54) is 19.3 Å². The number of benzene rings is 1. The van der Waals surface area contributed by atoms with Crippen molar-refractivity contribution in [3.05, 3.63) is 29.3 Å². The number of halogens is 1. The van der Waals surface area contributed by atoms with Gasteiger partial charge in [0.05, 0.1) is 17.3 Å². The molecule has 0 bridgehead atoms. The highest BCUT2D eigenvalue weighted by molar-refractivity contribution is 6.33. The standard InChI is InChI=1S/C14H19ClN2O/c15-12-8-4-5-9-13(12)16-10-14(18)17-11-6-2-1-3-7-11/h4-5,8-9,11,16H,1-3,6-7,10H2,(H,17,18). The van der Waals surface area contributed by atoms with Crippen molar-refractivity contribution in [2.24, 2.45) is 0 Å². The minimum atomic E-state index is 0.0434. The van der Waals surface area contributed by atoms with Gasteiger partial charge in [-0.2, -0.15) is 0 Å². The van der Waals surface area contributed by atoms with Crippen LogP contribution in [0.5, 0.6) is 0 Å². The van der Waals surface area contributed by atoms with E-state index in [4.69, 9.17) is 11.6 Å². The van der Waals surface area contributed by atoms with Crippen LogP contribution in [0, 0.1) is 0 Å². The summed E-state index contributed by atoms with van der Waals surface area (Å²) in [4.78, 5) is 11.8. The van der Waals surface area contributed by atoms with E-state index in [0.29, 0.717) is 11.1 Å². The molecule has 1 aromatic carbocycles. The molecule has 1 amide bonds. The highest BCUT2D eigenvalue weighted by Crippen LogP contribution is 2.20. The lowest BCUT2D eigenvalue weighted by Gasteiger charge is -2.22. The first-order valence-electron chi connectivity index (χ1n) is 6.53. The summed E-state index contributed by atoms with van der Waals surface area (Å²) in [7, 11) is 0. The Morgan fingerprint density at radius 2 is 1.94 bits per heavy atom. The Labute approximate surface area is 113 Å². The van der Waals surface area contributed by atoms with Crippen LogP contribution in [-0.4, -0.2) is 18.5 Å². The Bertz CT molecular complexity index is 403. The minimum Gasteiger partial charge on any atom is -0.375 e. The first-order valence-corrected chi connectivity index (χ1v) is 6.91. The van der Waals surface area contributed by atoms with Crippen molar-refractivity contribution in [3.63, 3.8) is 0 Å². The molecule has 2 N–H and O–H groups in total. The summed E-state index contributed by atoms with van der Waals surface area (Å²) in [6, 6.07) is 7.81. The molecule has 0 aliphatic heterocycles. The largest absolute Gasteiger partial charge is 0.375 e. The average Bonchev–Trinajstić information content (AvgIpc) is 2.39. The number of para-hydroxylation sites is 1.